The standard InChI is InChI=1S/C12H12N2O3/c1-7(15)11-13-10-8(12(14-11)17-3)5-4-6-9(10)16-2/h4-6H,1-3H3. The Morgan fingerprint density at radius 1 is 1.18 bits per heavy atom. The summed E-state index contributed by atoms with van der Waals surface area (Å²) in [5, 5.41) is 0.719. The van der Waals surface area contributed by atoms with Crippen LogP contribution in [-0.4, -0.2) is 30.0 Å². The highest BCUT2D eigenvalue weighted by atomic mass is 16.5. The Balaban J connectivity index is 2.82. The van der Waals surface area contributed by atoms with Crippen molar-refractivity contribution in [1.29, 1.82) is 0 Å². The second-order valence-electron chi connectivity index (χ2n) is 3.47. The van der Waals surface area contributed by atoms with E-state index in [1.54, 1.807) is 13.2 Å². The number of aromatic nitrogens is 2. The van der Waals surface area contributed by atoms with E-state index in [9.17, 15) is 4.79 Å². The van der Waals surface area contributed by atoms with Gasteiger partial charge < -0.3 is 9.47 Å². The highest BCUT2D eigenvalue weighted by molar-refractivity contribution is 5.95. The smallest absolute Gasteiger partial charge is 0.225 e. The Morgan fingerprint density at radius 3 is 2.53 bits per heavy atom. The molecule has 0 radical (unpaired) electrons. The van der Waals surface area contributed by atoms with Gasteiger partial charge >= 0.3 is 0 Å². The van der Waals surface area contributed by atoms with E-state index in [1.807, 2.05) is 12.1 Å². The average Bonchev–Trinajstić information content (AvgIpc) is 2.36. The molecule has 0 aliphatic heterocycles. The van der Waals surface area contributed by atoms with Crippen molar-refractivity contribution in [1.82, 2.24) is 9.97 Å². The third-order valence-electron chi connectivity index (χ3n) is 2.38. The molecule has 0 bridgehead atoms. The third kappa shape index (κ3) is 1.91. The molecular formula is C12H12N2O3. The quantitative estimate of drug-likeness (QED) is 0.756. The van der Waals surface area contributed by atoms with Gasteiger partial charge in [0, 0.05) is 6.92 Å². The van der Waals surface area contributed by atoms with Crippen molar-refractivity contribution in [2.24, 2.45) is 0 Å². The van der Waals surface area contributed by atoms with Gasteiger partial charge in [-0.2, -0.15) is 4.98 Å². The molecule has 5 heteroatoms. The van der Waals surface area contributed by atoms with Gasteiger partial charge in [-0.25, -0.2) is 4.98 Å². The second kappa shape index (κ2) is 4.37. The van der Waals surface area contributed by atoms with Crippen molar-refractivity contribution in [3.63, 3.8) is 0 Å². The van der Waals surface area contributed by atoms with Gasteiger partial charge in [-0.05, 0) is 12.1 Å². The topological polar surface area (TPSA) is 61.3 Å². The van der Waals surface area contributed by atoms with E-state index in [1.165, 1.54) is 14.0 Å². The molecule has 0 saturated heterocycles. The van der Waals surface area contributed by atoms with Crippen LogP contribution in [0, 0.1) is 0 Å². The molecule has 0 aliphatic rings. The predicted octanol–water partition coefficient (Wildman–Crippen LogP) is 1.85. The Hall–Kier alpha value is -2.17. The van der Waals surface area contributed by atoms with Gasteiger partial charge in [-0.3, -0.25) is 4.79 Å². The molecule has 0 unspecified atom stereocenters. The van der Waals surface area contributed by atoms with Crippen LogP contribution in [0.5, 0.6) is 11.6 Å². The van der Waals surface area contributed by atoms with E-state index in [4.69, 9.17) is 9.47 Å². The molecule has 0 N–H and O–H groups in total. The molecule has 0 fully saturated rings. The van der Waals surface area contributed by atoms with Gasteiger partial charge in [-0.1, -0.05) is 6.07 Å². The molecule has 17 heavy (non-hydrogen) atoms. The van der Waals surface area contributed by atoms with Crippen LogP contribution in [0.25, 0.3) is 10.9 Å². The number of fused-ring (bicyclic) bond motifs is 1. The van der Waals surface area contributed by atoms with Crippen molar-refractivity contribution < 1.29 is 14.3 Å². The van der Waals surface area contributed by atoms with Gasteiger partial charge in [0.1, 0.15) is 11.3 Å². The van der Waals surface area contributed by atoms with Gasteiger partial charge in [-0.15, -0.1) is 0 Å². The van der Waals surface area contributed by atoms with E-state index in [0.717, 1.165) is 5.39 Å². The molecular weight excluding hydrogens is 220 g/mol. The van der Waals surface area contributed by atoms with E-state index >= 15 is 0 Å². The number of carbonyl (C=O) groups excluding carboxylic acids is 1. The van der Waals surface area contributed by atoms with Crippen LogP contribution in [-0.2, 0) is 0 Å². The maximum Gasteiger partial charge on any atom is 0.225 e. The minimum Gasteiger partial charge on any atom is -0.494 e. The number of hydrogen-bond acceptors (Lipinski definition) is 5. The zero-order valence-electron chi connectivity index (χ0n) is 9.85. The maximum absolute atomic E-state index is 11.3. The number of methoxy groups -OCH3 is 2. The monoisotopic (exact) mass is 232 g/mol. The first-order valence-electron chi connectivity index (χ1n) is 5.07. The number of rotatable bonds is 3. The lowest BCUT2D eigenvalue weighted by Gasteiger charge is -2.08. The van der Waals surface area contributed by atoms with Crippen molar-refractivity contribution in [3.05, 3.63) is 24.0 Å². The van der Waals surface area contributed by atoms with Crippen LogP contribution < -0.4 is 9.47 Å². The lowest BCUT2D eigenvalue weighted by atomic mass is 10.2. The maximum atomic E-state index is 11.3. The molecule has 2 aromatic rings. The highest BCUT2D eigenvalue weighted by Gasteiger charge is 2.13. The summed E-state index contributed by atoms with van der Waals surface area (Å²) in [5.41, 5.74) is 0.576. The molecule has 0 aliphatic carbocycles. The summed E-state index contributed by atoms with van der Waals surface area (Å²) in [4.78, 5) is 19.6. The molecule has 0 saturated carbocycles. The molecule has 1 heterocycles. The molecule has 0 amide bonds. The van der Waals surface area contributed by atoms with Crippen molar-refractivity contribution >= 4 is 16.7 Å². The summed E-state index contributed by atoms with van der Waals surface area (Å²) in [6, 6.07) is 5.42. The predicted molar refractivity (Wildman–Crippen MR) is 62.6 cm³/mol. The van der Waals surface area contributed by atoms with Gasteiger partial charge in [0.05, 0.1) is 19.6 Å². The number of nitrogens with zero attached hydrogens (tertiary/aromatic N) is 2. The van der Waals surface area contributed by atoms with E-state index < -0.39 is 0 Å². The Labute approximate surface area is 98.4 Å². The number of ketones is 1. The lowest BCUT2D eigenvalue weighted by molar-refractivity contribution is 0.100. The van der Waals surface area contributed by atoms with Gasteiger partial charge in [0.15, 0.2) is 11.6 Å². The fourth-order valence-electron chi connectivity index (χ4n) is 1.58. The summed E-state index contributed by atoms with van der Waals surface area (Å²) >= 11 is 0. The number of para-hydroxylation sites is 1. The normalized spacial score (nSPS) is 10.3. The first-order valence-corrected chi connectivity index (χ1v) is 5.07. The third-order valence-corrected chi connectivity index (χ3v) is 2.38. The fourth-order valence-corrected chi connectivity index (χ4v) is 1.58. The largest absolute Gasteiger partial charge is 0.494 e. The zero-order valence-corrected chi connectivity index (χ0v) is 9.85. The van der Waals surface area contributed by atoms with Crippen LogP contribution >= 0.6 is 0 Å². The molecule has 88 valence electrons. The Morgan fingerprint density at radius 2 is 1.94 bits per heavy atom. The summed E-state index contributed by atoms with van der Waals surface area (Å²) in [5.74, 6) is 0.875. The van der Waals surface area contributed by atoms with Crippen LogP contribution in [0.2, 0.25) is 0 Å². The van der Waals surface area contributed by atoms with Crippen molar-refractivity contribution in [3.8, 4) is 11.6 Å². The van der Waals surface area contributed by atoms with Crippen molar-refractivity contribution in [2.75, 3.05) is 14.2 Å². The first kappa shape index (κ1) is 11.3. The number of hydrogen-bond donors (Lipinski definition) is 0. The number of benzene rings is 1. The van der Waals surface area contributed by atoms with Gasteiger partial charge in [0.25, 0.3) is 0 Å². The Bertz CT molecular complexity index is 581. The van der Waals surface area contributed by atoms with E-state index in [2.05, 4.69) is 9.97 Å². The summed E-state index contributed by atoms with van der Waals surface area (Å²) < 4.78 is 10.4. The minimum absolute atomic E-state index is 0.124. The number of carbonyl (C=O) groups is 1. The van der Waals surface area contributed by atoms with Gasteiger partial charge in [0.2, 0.25) is 5.88 Å². The lowest BCUT2D eigenvalue weighted by Crippen LogP contribution is -2.04. The van der Waals surface area contributed by atoms with Crippen LogP contribution in [0.3, 0.4) is 0 Å². The van der Waals surface area contributed by atoms with Crippen LogP contribution in [0.15, 0.2) is 18.2 Å². The SMILES string of the molecule is COc1nc(C(C)=O)nc2c(OC)cccc12. The zero-order chi connectivity index (χ0) is 12.4. The first-order chi connectivity index (χ1) is 8.17. The molecule has 5 nitrogen and oxygen atoms in total. The summed E-state index contributed by atoms with van der Waals surface area (Å²) in [6.45, 7) is 1.41. The molecule has 1 aromatic carbocycles. The molecule has 0 spiro atoms. The second-order valence-corrected chi connectivity index (χ2v) is 3.47. The Kier molecular flexibility index (Phi) is 2.91. The van der Waals surface area contributed by atoms with Crippen LogP contribution in [0.4, 0.5) is 0 Å². The summed E-state index contributed by atoms with van der Waals surface area (Å²) in [6.07, 6.45) is 0. The van der Waals surface area contributed by atoms with Crippen molar-refractivity contribution in [2.45, 2.75) is 6.92 Å². The molecule has 2 rings (SSSR count). The van der Waals surface area contributed by atoms with E-state index in [0.29, 0.717) is 17.1 Å². The molecule has 0 atom stereocenters. The fraction of sp³-hybridized carbons (Fsp3) is 0.250. The average molecular weight is 232 g/mol. The van der Waals surface area contributed by atoms with Crippen LogP contribution in [0.1, 0.15) is 17.5 Å². The highest BCUT2D eigenvalue weighted by Crippen LogP contribution is 2.29. The summed E-state index contributed by atoms with van der Waals surface area (Å²) in [7, 11) is 3.06. The molecule has 1 aromatic heterocycles. The minimum atomic E-state index is -0.212. The van der Waals surface area contributed by atoms with E-state index in [-0.39, 0.29) is 11.6 Å². The number of ether oxygens (including phenoxy) is 2. The number of Topliss-reactive ketones (excluding diaryl/α,β-unsaturated/α-hetero) is 1.